The van der Waals surface area contributed by atoms with Gasteiger partial charge in [-0.2, -0.15) is 5.10 Å². The average Bonchev–Trinajstić information content (AvgIpc) is 2.87. The predicted octanol–water partition coefficient (Wildman–Crippen LogP) is 1.74. The Kier molecular flexibility index (Phi) is 2.97. The molecule has 1 aliphatic carbocycles. The normalized spacial score (nSPS) is 28.2. The van der Waals surface area contributed by atoms with Crippen LogP contribution in [-0.2, 0) is 6.61 Å². The lowest BCUT2D eigenvalue weighted by Crippen LogP contribution is -2.43. The molecular formula is C13H19N3O. The molecule has 2 fully saturated rings. The van der Waals surface area contributed by atoms with Crippen LogP contribution < -0.4 is 4.90 Å². The summed E-state index contributed by atoms with van der Waals surface area (Å²) in [7, 11) is 0. The van der Waals surface area contributed by atoms with Crippen LogP contribution in [0, 0.1) is 5.92 Å². The second-order valence-corrected chi connectivity index (χ2v) is 5.13. The lowest BCUT2D eigenvalue weighted by molar-refractivity contribution is 0.275. The second kappa shape index (κ2) is 4.61. The van der Waals surface area contributed by atoms with Crippen molar-refractivity contribution in [3.63, 3.8) is 0 Å². The van der Waals surface area contributed by atoms with Crippen molar-refractivity contribution < 1.29 is 5.11 Å². The van der Waals surface area contributed by atoms with Crippen LogP contribution >= 0.6 is 0 Å². The van der Waals surface area contributed by atoms with E-state index in [0.717, 1.165) is 18.3 Å². The molecule has 2 atom stereocenters. The van der Waals surface area contributed by atoms with Gasteiger partial charge < -0.3 is 10.0 Å². The van der Waals surface area contributed by atoms with Crippen LogP contribution in [0.4, 0.5) is 5.82 Å². The fourth-order valence-corrected chi connectivity index (χ4v) is 3.33. The van der Waals surface area contributed by atoms with Crippen molar-refractivity contribution in [2.45, 2.75) is 44.8 Å². The molecule has 0 aromatic carbocycles. The molecule has 0 amide bonds. The molecule has 1 N–H and O–H groups in total. The van der Waals surface area contributed by atoms with Gasteiger partial charge in [-0.3, -0.25) is 0 Å². The van der Waals surface area contributed by atoms with E-state index in [9.17, 15) is 0 Å². The van der Waals surface area contributed by atoms with E-state index < -0.39 is 0 Å². The van der Waals surface area contributed by atoms with Crippen LogP contribution in [0.5, 0.6) is 0 Å². The molecule has 4 heteroatoms. The minimum Gasteiger partial charge on any atom is -0.390 e. The fraction of sp³-hybridized carbons (Fsp3) is 0.692. The first-order valence-corrected chi connectivity index (χ1v) is 6.58. The number of fused-ring (bicyclic) bond motifs is 1. The number of nitrogens with zero attached hydrogens (tertiary/aromatic N) is 3. The van der Waals surface area contributed by atoms with E-state index in [1.165, 1.54) is 32.1 Å². The Morgan fingerprint density at radius 3 is 2.82 bits per heavy atom. The Bertz CT molecular complexity index is 379. The van der Waals surface area contributed by atoms with Crippen molar-refractivity contribution in [3.8, 4) is 0 Å². The standard InChI is InChI=1S/C13H19N3O/c17-9-11-6-7-13(15-14-11)16-8-2-4-10-3-1-5-12(10)16/h6-7,10,12,17H,1-5,8-9H2. The molecule has 1 aromatic rings. The van der Waals surface area contributed by atoms with Gasteiger partial charge in [-0.25, -0.2) is 0 Å². The van der Waals surface area contributed by atoms with Crippen LogP contribution in [0.2, 0.25) is 0 Å². The fourth-order valence-electron chi connectivity index (χ4n) is 3.33. The van der Waals surface area contributed by atoms with Crippen molar-refractivity contribution in [3.05, 3.63) is 17.8 Å². The van der Waals surface area contributed by atoms with Crippen LogP contribution in [0.25, 0.3) is 0 Å². The zero-order valence-corrected chi connectivity index (χ0v) is 10.0. The number of rotatable bonds is 2. The van der Waals surface area contributed by atoms with Gasteiger partial charge in [0.15, 0.2) is 5.82 Å². The third-order valence-electron chi connectivity index (χ3n) is 4.16. The van der Waals surface area contributed by atoms with Crippen LogP contribution in [0.1, 0.15) is 37.8 Å². The molecular weight excluding hydrogens is 214 g/mol. The lowest BCUT2D eigenvalue weighted by Gasteiger charge is -2.38. The maximum absolute atomic E-state index is 8.97. The van der Waals surface area contributed by atoms with Gasteiger partial charge >= 0.3 is 0 Å². The third-order valence-corrected chi connectivity index (χ3v) is 4.16. The van der Waals surface area contributed by atoms with E-state index >= 15 is 0 Å². The Labute approximate surface area is 102 Å². The van der Waals surface area contributed by atoms with Gasteiger partial charge in [0, 0.05) is 12.6 Å². The first-order chi connectivity index (χ1) is 8.38. The Balaban J connectivity index is 1.81. The molecule has 92 valence electrons. The molecule has 2 aliphatic rings. The highest BCUT2D eigenvalue weighted by molar-refractivity contribution is 5.40. The number of aromatic nitrogens is 2. The summed E-state index contributed by atoms with van der Waals surface area (Å²) in [6.45, 7) is 1.08. The molecule has 0 spiro atoms. The number of aliphatic hydroxyl groups is 1. The SMILES string of the molecule is OCc1ccc(N2CCCC3CCCC32)nn1. The Morgan fingerprint density at radius 2 is 2.06 bits per heavy atom. The predicted molar refractivity (Wildman–Crippen MR) is 65.7 cm³/mol. The first-order valence-electron chi connectivity index (χ1n) is 6.58. The topological polar surface area (TPSA) is 49.2 Å². The van der Waals surface area contributed by atoms with Gasteiger partial charge in [0.05, 0.1) is 12.3 Å². The number of anilines is 1. The zero-order chi connectivity index (χ0) is 11.7. The first kappa shape index (κ1) is 11.0. The zero-order valence-electron chi connectivity index (χ0n) is 10.0. The molecule has 17 heavy (non-hydrogen) atoms. The molecule has 0 bridgehead atoms. The number of piperidine rings is 1. The average molecular weight is 233 g/mol. The summed E-state index contributed by atoms with van der Waals surface area (Å²) in [5.74, 6) is 1.85. The highest BCUT2D eigenvalue weighted by Crippen LogP contribution is 2.38. The summed E-state index contributed by atoms with van der Waals surface area (Å²) < 4.78 is 0. The molecule has 2 unspecified atom stereocenters. The summed E-state index contributed by atoms with van der Waals surface area (Å²) in [6.07, 6.45) is 6.68. The minimum atomic E-state index is -0.0284. The molecule has 2 heterocycles. The van der Waals surface area contributed by atoms with Crippen molar-refractivity contribution in [1.29, 1.82) is 0 Å². The van der Waals surface area contributed by atoms with Crippen molar-refractivity contribution in [1.82, 2.24) is 10.2 Å². The number of hydrogen-bond acceptors (Lipinski definition) is 4. The van der Waals surface area contributed by atoms with Crippen molar-refractivity contribution in [2.75, 3.05) is 11.4 Å². The van der Waals surface area contributed by atoms with Crippen molar-refractivity contribution in [2.24, 2.45) is 5.92 Å². The van der Waals surface area contributed by atoms with Gasteiger partial charge in [0.25, 0.3) is 0 Å². The molecule has 0 radical (unpaired) electrons. The summed E-state index contributed by atoms with van der Waals surface area (Å²) in [4.78, 5) is 2.43. The van der Waals surface area contributed by atoms with Gasteiger partial charge in [0.2, 0.25) is 0 Å². The summed E-state index contributed by atoms with van der Waals surface area (Å²) in [5, 5.41) is 17.3. The second-order valence-electron chi connectivity index (χ2n) is 5.13. The Morgan fingerprint density at radius 1 is 1.18 bits per heavy atom. The molecule has 1 saturated heterocycles. The number of hydrogen-bond donors (Lipinski definition) is 1. The van der Waals surface area contributed by atoms with E-state index in [0.29, 0.717) is 11.7 Å². The molecule has 1 aromatic heterocycles. The summed E-state index contributed by atoms with van der Waals surface area (Å²) in [5.41, 5.74) is 0.647. The quantitative estimate of drug-likeness (QED) is 0.845. The monoisotopic (exact) mass is 233 g/mol. The maximum atomic E-state index is 8.97. The molecule has 4 nitrogen and oxygen atoms in total. The third kappa shape index (κ3) is 2.02. The highest BCUT2D eigenvalue weighted by Gasteiger charge is 2.35. The van der Waals surface area contributed by atoms with E-state index in [2.05, 4.69) is 15.1 Å². The summed E-state index contributed by atoms with van der Waals surface area (Å²) >= 11 is 0. The number of aliphatic hydroxyl groups excluding tert-OH is 1. The van der Waals surface area contributed by atoms with Gasteiger partial charge in [-0.15, -0.1) is 5.10 Å². The smallest absolute Gasteiger partial charge is 0.151 e. The molecule has 3 rings (SSSR count). The molecule has 1 aliphatic heterocycles. The van der Waals surface area contributed by atoms with Gasteiger partial charge in [-0.1, -0.05) is 6.42 Å². The Hall–Kier alpha value is -1.16. The van der Waals surface area contributed by atoms with Crippen LogP contribution in [0.15, 0.2) is 12.1 Å². The van der Waals surface area contributed by atoms with Crippen LogP contribution in [-0.4, -0.2) is 27.9 Å². The van der Waals surface area contributed by atoms with E-state index in [1.807, 2.05) is 12.1 Å². The highest BCUT2D eigenvalue weighted by atomic mass is 16.3. The van der Waals surface area contributed by atoms with E-state index in [1.54, 1.807) is 0 Å². The largest absolute Gasteiger partial charge is 0.390 e. The van der Waals surface area contributed by atoms with E-state index in [4.69, 9.17) is 5.11 Å². The van der Waals surface area contributed by atoms with Gasteiger partial charge in [0.1, 0.15) is 0 Å². The lowest BCUT2D eigenvalue weighted by atomic mass is 9.92. The maximum Gasteiger partial charge on any atom is 0.151 e. The summed E-state index contributed by atoms with van der Waals surface area (Å²) in [6, 6.07) is 4.55. The van der Waals surface area contributed by atoms with E-state index in [-0.39, 0.29) is 6.61 Å². The van der Waals surface area contributed by atoms with Crippen molar-refractivity contribution >= 4 is 5.82 Å². The van der Waals surface area contributed by atoms with Crippen LogP contribution in [0.3, 0.4) is 0 Å². The van der Waals surface area contributed by atoms with Gasteiger partial charge in [-0.05, 0) is 43.7 Å². The minimum absolute atomic E-state index is 0.0284. The molecule has 1 saturated carbocycles.